The average molecular weight is 244 g/mol. The summed E-state index contributed by atoms with van der Waals surface area (Å²) in [6, 6.07) is 1.04. The number of aromatic nitrogens is 1. The predicted molar refractivity (Wildman–Crippen MR) is 62.5 cm³/mol. The highest BCUT2D eigenvalue weighted by Gasteiger charge is 2.13. The molecule has 1 rings (SSSR count). The van der Waals surface area contributed by atoms with Crippen molar-refractivity contribution in [3.8, 4) is 0 Å². The second kappa shape index (κ2) is 5.79. The van der Waals surface area contributed by atoms with Crippen molar-refractivity contribution in [2.24, 2.45) is 5.73 Å². The summed E-state index contributed by atoms with van der Waals surface area (Å²) in [5.41, 5.74) is 6.92. The number of rotatable bonds is 4. The molecule has 0 aliphatic rings. The smallest absolute Gasteiger partial charge is 0.243 e. The molecule has 1 aromatic heterocycles. The van der Waals surface area contributed by atoms with Crippen LogP contribution in [-0.4, -0.2) is 30.6 Å². The number of carbonyl (C=O) groups is 1. The molecule has 0 aliphatic carbocycles. The van der Waals surface area contributed by atoms with Gasteiger partial charge in [0.1, 0.15) is 11.2 Å². The van der Waals surface area contributed by atoms with E-state index in [4.69, 9.17) is 22.1 Å². The minimum absolute atomic E-state index is 0.172. The van der Waals surface area contributed by atoms with Gasteiger partial charge in [0.2, 0.25) is 5.91 Å². The summed E-state index contributed by atoms with van der Waals surface area (Å²) >= 11 is 5.76. The molecule has 0 saturated heterocycles. The Morgan fingerprint density at radius 1 is 1.75 bits per heavy atom. The molecule has 88 valence electrons. The summed E-state index contributed by atoms with van der Waals surface area (Å²) in [5.74, 6) is -0.314. The zero-order valence-corrected chi connectivity index (χ0v) is 9.91. The Morgan fingerprint density at radius 2 is 2.44 bits per heavy atom. The van der Waals surface area contributed by atoms with E-state index in [0.29, 0.717) is 10.8 Å². The molecule has 0 bridgehead atoms. The molecule has 1 unspecified atom stereocenters. The third-order valence-corrected chi connectivity index (χ3v) is 2.36. The van der Waals surface area contributed by atoms with Gasteiger partial charge in [0.25, 0.3) is 0 Å². The monoisotopic (exact) mass is 243 g/mol. The molecule has 0 saturated carbocycles. The molecule has 0 aromatic carbocycles. The quantitative estimate of drug-likeness (QED) is 0.772. The van der Waals surface area contributed by atoms with Crippen LogP contribution in [0.5, 0.6) is 0 Å². The molecule has 16 heavy (non-hydrogen) atoms. The van der Waals surface area contributed by atoms with Crippen molar-refractivity contribution in [1.82, 2.24) is 4.98 Å². The summed E-state index contributed by atoms with van der Waals surface area (Å²) in [6.45, 7) is 1.98. The highest BCUT2D eigenvalue weighted by Crippen LogP contribution is 2.15. The normalized spacial score (nSPS) is 12.2. The summed E-state index contributed by atoms with van der Waals surface area (Å²) in [5, 5.41) is 3.05. The van der Waals surface area contributed by atoms with Gasteiger partial charge in [-0.25, -0.2) is 4.98 Å². The van der Waals surface area contributed by atoms with Gasteiger partial charge in [0, 0.05) is 7.11 Å². The number of nitrogens with two attached hydrogens (primary N) is 1. The van der Waals surface area contributed by atoms with Crippen LogP contribution in [0.3, 0.4) is 0 Å². The van der Waals surface area contributed by atoms with Crippen molar-refractivity contribution in [1.29, 1.82) is 0 Å². The van der Waals surface area contributed by atoms with E-state index in [2.05, 4.69) is 10.3 Å². The number of halogens is 1. The summed E-state index contributed by atoms with van der Waals surface area (Å²) < 4.78 is 4.78. The van der Waals surface area contributed by atoms with E-state index < -0.39 is 6.04 Å². The minimum atomic E-state index is -0.694. The number of hydrogen-bond acceptors (Lipinski definition) is 4. The van der Waals surface area contributed by atoms with Crippen molar-refractivity contribution < 1.29 is 9.53 Å². The molecular formula is C10H14ClN3O2. The largest absolute Gasteiger partial charge is 0.383 e. The maximum absolute atomic E-state index is 11.5. The van der Waals surface area contributed by atoms with Crippen LogP contribution in [0.1, 0.15) is 5.56 Å². The zero-order valence-electron chi connectivity index (χ0n) is 9.16. The van der Waals surface area contributed by atoms with E-state index in [1.807, 2.05) is 0 Å². The van der Waals surface area contributed by atoms with Gasteiger partial charge < -0.3 is 15.8 Å². The second-order valence-electron chi connectivity index (χ2n) is 3.38. The van der Waals surface area contributed by atoms with Crippen LogP contribution in [0.4, 0.5) is 5.69 Å². The van der Waals surface area contributed by atoms with Gasteiger partial charge in [-0.3, -0.25) is 4.79 Å². The van der Waals surface area contributed by atoms with Crippen LogP contribution in [0.15, 0.2) is 12.3 Å². The van der Waals surface area contributed by atoms with Gasteiger partial charge >= 0.3 is 0 Å². The number of methoxy groups -OCH3 is 1. The van der Waals surface area contributed by atoms with E-state index in [9.17, 15) is 4.79 Å². The number of nitrogens with zero attached hydrogens (tertiary/aromatic N) is 1. The fourth-order valence-electron chi connectivity index (χ4n) is 1.12. The molecule has 0 spiro atoms. The summed E-state index contributed by atoms with van der Waals surface area (Å²) in [4.78, 5) is 15.4. The summed E-state index contributed by atoms with van der Waals surface area (Å²) in [7, 11) is 1.49. The Balaban J connectivity index is 2.66. The van der Waals surface area contributed by atoms with Crippen LogP contribution in [0, 0.1) is 6.92 Å². The molecule has 0 aliphatic heterocycles. The standard InChI is InChI=1S/C10H14ClN3O2/c1-6-3-7(4-13-9(6)11)14-10(15)8(12)5-16-2/h3-4,8H,5,12H2,1-2H3,(H,14,15). The van der Waals surface area contributed by atoms with E-state index in [0.717, 1.165) is 5.56 Å². The number of nitrogens with one attached hydrogen (secondary N) is 1. The molecule has 0 radical (unpaired) electrons. The SMILES string of the molecule is COCC(N)C(=O)Nc1cnc(Cl)c(C)c1. The first-order chi connectivity index (χ1) is 7.54. The highest BCUT2D eigenvalue weighted by molar-refractivity contribution is 6.30. The molecule has 1 heterocycles. The maximum atomic E-state index is 11.5. The molecule has 6 heteroatoms. The number of hydrogen-bond donors (Lipinski definition) is 2. The fraction of sp³-hybridized carbons (Fsp3) is 0.400. The van der Waals surface area contributed by atoms with Crippen LogP contribution in [-0.2, 0) is 9.53 Å². The molecule has 1 amide bonds. The van der Waals surface area contributed by atoms with E-state index >= 15 is 0 Å². The number of anilines is 1. The van der Waals surface area contributed by atoms with Gasteiger partial charge in [-0.15, -0.1) is 0 Å². The average Bonchev–Trinajstić information content (AvgIpc) is 2.24. The Kier molecular flexibility index (Phi) is 4.67. The first-order valence-electron chi connectivity index (χ1n) is 4.72. The van der Waals surface area contributed by atoms with Crippen LogP contribution < -0.4 is 11.1 Å². The second-order valence-corrected chi connectivity index (χ2v) is 3.74. The van der Waals surface area contributed by atoms with Crippen molar-refractivity contribution in [2.75, 3.05) is 19.0 Å². The Hall–Kier alpha value is -1.17. The lowest BCUT2D eigenvalue weighted by Crippen LogP contribution is -2.39. The maximum Gasteiger partial charge on any atom is 0.243 e. The number of aryl methyl sites for hydroxylation is 1. The minimum Gasteiger partial charge on any atom is -0.383 e. The van der Waals surface area contributed by atoms with Crippen LogP contribution >= 0.6 is 11.6 Å². The van der Waals surface area contributed by atoms with Gasteiger partial charge in [-0.05, 0) is 18.6 Å². The van der Waals surface area contributed by atoms with Gasteiger partial charge in [0.15, 0.2) is 0 Å². The molecule has 3 N–H and O–H groups in total. The molecule has 1 aromatic rings. The van der Waals surface area contributed by atoms with Crippen LogP contribution in [0.2, 0.25) is 5.15 Å². The lowest BCUT2D eigenvalue weighted by Gasteiger charge is -2.11. The van der Waals surface area contributed by atoms with E-state index in [1.165, 1.54) is 13.3 Å². The third kappa shape index (κ3) is 3.44. The lowest BCUT2D eigenvalue weighted by molar-refractivity contribution is -0.118. The Labute approximate surface area is 98.9 Å². The van der Waals surface area contributed by atoms with E-state index in [1.54, 1.807) is 13.0 Å². The third-order valence-electron chi connectivity index (χ3n) is 1.96. The molecule has 0 fully saturated rings. The van der Waals surface area contributed by atoms with Gasteiger partial charge in [-0.2, -0.15) is 0 Å². The van der Waals surface area contributed by atoms with Crippen molar-refractivity contribution in [3.05, 3.63) is 23.0 Å². The first kappa shape index (κ1) is 12.9. The molecular weight excluding hydrogens is 230 g/mol. The van der Waals surface area contributed by atoms with E-state index in [-0.39, 0.29) is 12.5 Å². The predicted octanol–water partition coefficient (Wildman–Crippen LogP) is 0.956. The molecule has 5 nitrogen and oxygen atoms in total. The number of carbonyl (C=O) groups excluding carboxylic acids is 1. The van der Waals surface area contributed by atoms with Crippen molar-refractivity contribution >= 4 is 23.2 Å². The lowest BCUT2D eigenvalue weighted by atomic mass is 10.2. The first-order valence-corrected chi connectivity index (χ1v) is 5.10. The fourth-order valence-corrected chi connectivity index (χ4v) is 1.22. The zero-order chi connectivity index (χ0) is 12.1. The Morgan fingerprint density at radius 3 is 3.00 bits per heavy atom. The summed E-state index contributed by atoms with van der Waals surface area (Å²) in [6.07, 6.45) is 1.48. The number of amides is 1. The molecule has 1 atom stereocenters. The number of ether oxygens (including phenoxy) is 1. The van der Waals surface area contributed by atoms with Crippen molar-refractivity contribution in [3.63, 3.8) is 0 Å². The van der Waals surface area contributed by atoms with Gasteiger partial charge in [0.05, 0.1) is 18.5 Å². The topological polar surface area (TPSA) is 77.2 Å². The van der Waals surface area contributed by atoms with Crippen LogP contribution in [0.25, 0.3) is 0 Å². The number of pyridine rings is 1. The van der Waals surface area contributed by atoms with Crippen molar-refractivity contribution in [2.45, 2.75) is 13.0 Å². The highest BCUT2D eigenvalue weighted by atomic mass is 35.5. The van der Waals surface area contributed by atoms with Gasteiger partial charge in [-0.1, -0.05) is 11.6 Å². The Bertz CT molecular complexity index is 384.